The second-order valence-corrected chi connectivity index (χ2v) is 8.68. The van der Waals surface area contributed by atoms with Gasteiger partial charge in [0, 0.05) is 11.0 Å². The number of halogens is 2. The fourth-order valence-corrected chi connectivity index (χ4v) is 4.34. The highest BCUT2D eigenvalue weighted by Gasteiger charge is 2.13. The van der Waals surface area contributed by atoms with Crippen molar-refractivity contribution in [2.24, 2.45) is 0 Å². The van der Waals surface area contributed by atoms with Gasteiger partial charge in [-0.2, -0.15) is 0 Å². The molecule has 2 aromatic heterocycles. The Morgan fingerprint density at radius 2 is 1.86 bits per heavy atom. The predicted octanol–water partition coefficient (Wildman–Crippen LogP) is 5.39. The predicted molar refractivity (Wildman–Crippen MR) is 111 cm³/mol. The molecule has 0 radical (unpaired) electrons. The molecule has 0 fully saturated rings. The van der Waals surface area contributed by atoms with E-state index in [2.05, 4.69) is 41.6 Å². The maximum Gasteiger partial charge on any atom is 0.248 e. The van der Waals surface area contributed by atoms with Crippen LogP contribution in [0.5, 0.6) is 0 Å². The Morgan fingerprint density at radius 3 is 2.68 bits per heavy atom. The molecule has 0 aliphatic carbocycles. The molecule has 0 unspecified atom stereocenters. The summed E-state index contributed by atoms with van der Waals surface area (Å²) in [7, 11) is 0. The minimum atomic E-state index is -0.248. The number of aromatic nitrogens is 4. The Kier molecular flexibility index (Phi) is 5.98. The van der Waals surface area contributed by atoms with Gasteiger partial charge < -0.3 is 9.73 Å². The number of hydrogen-bond donors (Lipinski definition) is 1. The molecule has 0 saturated carbocycles. The summed E-state index contributed by atoms with van der Waals surface area (Å²) in [6.45, 7) is 0.554. The lowest BCUT2D eigenvalue weighted by Gasteiger charge is -2.01. The van der Waals surface area contributed by atoms with E-state index in [1.807, 2.05) is 24.3 Å². The highest BCUT2D eigenvalue weighted by Crippen LogP contribution is 2.30. The summed E-state index contributed by atoms with van der Waals surface area (Å²) < 4.78 is 20.4. The number of anilines is 1. The fourth-order valence-electron chi connectivity index (χ4n) is 2.30. The summed E-state index contributed by atoms with van der Waals surface area (Å²) in [6.07, 6.45) is 0. The van der Waals surface area contributed by atoms with E-state index in [4.69, 9.17) is 4.42 Å². The third kappa shape index (κ3) is 4.75. The third-order valence-corrected chi connectivity index (χ3v) is 6.34. The average molecular weight is 478 g/mol. The maximum atomic E-state index is 12.9. The number of rotatable bonds is 7. The van der Waals surface area contributed by atoms with Crippen LogP contribution in [-0.4, -0.2) is 20.4 Å². The van der Waals surface area contributed by atoms with Crippen molar-refractivity contribution in [1.82, 2.24) is 20.4 Å². The first-order chi connectivity index (χ1) is 13.7. The van der Waals surface area contributed by atoms with Crippen LogP contribution < -0.4 is 5.32 Å². The molecular weight excluding hydrogens is 465 g/mol. The lowest BCUT2D eigenvalue weighted by Crippen LogP contribution is -1.98. The van der Waals surface area contributed by atoms with Crippen molar-refractivity contribution in [3.63, 3.8) is 0 Å². The van der Waals surface area contributed by atoms with E-state index in [-0.39, 0.29) is 5.82 Å². The van der Waals surface area contributed by atoms with Gasteiger partial charge in [0.15, 0.2) is 4.34 Å². The van der Waals surface area contributed by atoms with Crippen molar-refractivity contribution in [2.45, 2.75) is 16.6 Å². The summed E-state index contributed by atoms with van der Waals surface area (Å²) in [5, 5.41) is 20.3. The Labute approximate surface area is 176 Å². The van der Waals surface area contributed by atoms with E-state index in [1.54, 1.807) is 12.1 Å². The standard InChI is InChI=1S/C18H13BrFN5OS2/c19-14-4-2-1-3-13(14)16-23-22-15(26-16)10-27-18-25-24-17(28-18)21-9-11-5-7-12(20)8-6-11/h1-8H,9-10H2,(H,21,24). The summed E-state index contributed by atoms with van der Waals surface area (Å²) in [6, 6.07) is 14.0. The second kappa shape index (κ2) is 8.80. The molecule has 2 aromatic carbocycles. The zero-order valence-corrected chi connectivity index (χ0v) is 17.5. The van der Waals surface area contributed by atoms with Crippen LogP contribution in [0, 0.1) is 5.82 Å². The monoisotopic (exact) mass is 477 g/mol. The molecule has 10 heteroatoms. The first-order valence-corrected chi connectivity index (χ1v) is 10.8. The summed E-state index contributed by atoms with van der Waals surface area (Å²) >= 11 is 6.40. The number of benzene rings is 2. The number of thioether (sulfide) groups is 1. The van der Waals surface area contributed by atoms with Gasteiger partial charge in [0.25, 0.3) is 0 Å². The van der Waals surface area contributed by atoms with E-state index >= 15 is 0 Å². The molecule has 0 atom stereocenters. The molecule has 0 aliphatic heterocycles. The molecule has 6 nitrogen and oxygen atoms in total. The smallest absolute Gasteiger partial charge is 0.248 e. The maximum absolute atomic E-state index is 12.9. The molecular formula is C18H13BrFN5OS2. The molecule has 28 heavy (non-hydrogen) atoms. The number of hydrogen-bond acceptors (Lipinski definition) is 8. The molecule has 0 amide bonds. The topological polar surface area (TPSA) is 76.7 Å². The van der Waals surface area contributed by atoms with Gasteiger partial charge in [0.05, 0.1) is 11.3 Å². The Morgan fingerprint density at radius 1 is 1.04 bits per heavy atom. The van der Waals surface area contributed by atoms with E-state index in [0.717, 1.165) is 19.9 Å². The number of nitrogens with zero attached hydrogens (tertiary/aromatic N) is 4. The van der Waals surface area contributed by atoms with Gasteiger partial charge in [-0.05, 0) is 45.8 Å². The highest BCUT2D eigenvalue weighted by molar-refractivity contribution is 9.10. The summed E-state index contributed by atoms with van der Waals surface area (Å²) in [4.78, 5) is 0. The minimum absolute atomic E-state index is 0.248. The Balaban J connectivity index is 1.32. The molecule has 0 aliphatic rings. The highest BCUT2D eigenvalue weighted by atomic mass is 79.9. The van der Waals surface area contributed by atoms with Crippen molar-refractivity contribution in [3.05, 3.63) is 70.3 Å². The minimum Gasteiger partial charge on any atom is -0.420 e. The van der Waals surface area contributed by atoms with Crippen molar-refractivity contribution in [2.75, 3.05) is 5.32 Å². The molecule has 4 rings (SSSR count). The van der Waals surface area contributed by atoms with Crippen LogP contribution in [-0.2, 0) is 12.3 Å². The zero-order chi connectivity index (χ0) is 19.3. The van der Waals surface area contributed by atoms with Gasteiger partial charge in [-0.25, -0.2) is 4.39 Å². The van der Waals surface area contributed by atoms with Crippen LogP contribution in [0.1, 0.15) is 11.5 Å². The Hall–Kier alpha value is -2.30. The first-order valence-electron chi connectivity index (χ1n) is 8.19. The van der Waals surface area contributed by atoms with Gasteiger partial charge in [0.1, 0.15) is 5.82 Å². The Bertz CT molecular complexity index is 1070. The SMILES string of the molecule is Fc1ccc(CNc2nnc(SCc3nnc(-c4ccccc4Br)o3)s2)cc1. The quantitative estimate of drug-likeness (QED) is 0.357. The van der Waals surface area contributed by atoms with Crippen LogP contribution in [0.25, 0.3) is 11.5 Å². The van der Waals surface area contributed by atoms with Crippen molar-refractivity contribution in [1.29, 1.82) is 0 Å². The molecule has 1 N–H and O–H groups in total. The first kappa shape index (κ1) is 19.0. The van der Waals surface area contributed by atoms with Crippen molar-refractivity contribution < 1.29 is 8.81 Å². The van der Waals surface area contributed by atoms with Crippen LogP contribution in [0.15, 0.2) is 61.8 Å². The lowest BCUT2D eigenvalue weighted by atomic mass is 10.2. The van der Waals surface area contributed by atoms with Crippen molar-refractivity contribution >= 4 is 44.2 Å². The van der Waals surface area contributed by atoms with Gasteiger partial charge in [-0.15, -0.1) is 20.4 Å². The van der Waals surface area contributed by atoms with Gasteiger partial charge in [-0.3, -0.25) is 0 Å². The average Bonchev–Trinajstić information content (AvgIpc) is 3.36. The van der Waals surface area contributed by atoms with E-state index in [0.29, 0.717) is 29.2 Å². The van der Waals surface area contributed by atoms with Crippen LogP contribution in [0.2, 0.25) is 0 Å². The molecule has 0 saturated heterocycles. The van der Waals surface area contributed by atoms with Gasteiger partial charge >= 0.3 is 0 Å². The van der Waals surface area contributed by atoms with E-state index < -0.39 is 0 Å². The summed E-state index contributed by atoms with van der Waals surface area (Å²) in [5.41, 5.74) is 1.82. The second-order valence-electron chi connectivity index (χ2n) is 5.62. The lowest BCUT2D eigenvalue weighted by molar-refractivity contribution is 0.528. The molecule has 2 heterocycles. The van der Waals surface area contributed by atoms with Crippen LogP contribution >= 0.6 is 39.0 Å². The van der Waals surface area contributed by atoms with Crippen LogP contribution in [0.3, 0.4) is 0 Å². The van der Waals surface area contributed by atoms with Gasteiger partial charge in [0.2, 0.25) is 16.9 Å². The largest absolute Gasteiger partial charge is 0.420 e. The van der Waals surface area contributed by atoms with Crippen molar-refractivity contribution in [3.8, 4) is 11.5 Å². The van der Waals surface area contributed by atoms with Gasteiger partial charge in [-0.1, -0.05) is 47.4 Å². The van der Waals surface area contributed by atoms with Crippen LogP contribution in [0.4, 0.5) is 9.52 Å². The molecule has 142 valence electrons. The molecule has 0 spiro atoms. The van der Waals surface area contributed by atoms with E-state index in [1.165, 1.54) is 35.2 Å². The fraction of sp³-hybridized carbons (Fsp3) is 0.111. The molecule has 0 bridgehead atoms. The summed E-state index contributed by atoms with van der Waals surface area (Å²) in [5.74, 6) is 1.25. The molecule has 4 aromatic rings. The normalized spacial score (nSPS) is 10.9. The number of nitrogens with one attached hydrogen (secondary N) is 1. The third-order valence-electron chi connectivity index (χ3n) is 3.65. The van der Waals surface area contributed by atoms with E-state index in [9.17, 15) is 4.39 Å². The zero-order valence-electron chi connectivity index (χ0n) is 14.3.